The Morgan fingerprint density at radius 1 is 0.970 bits per heavy atom. The lowest BCUT2D eigenvalue weighted by atomic mass is 10.2. The number of amides is 3. The standard InChI is InChI=1S/C25H19ClN2O4S/c26-21-9-5-4-6-18(21)16-32-20-12-10-17(11-13-20)14-22-24(30)28(25(31)33-22)15-23(29)27-19-7-2-1-3-8-19/h1-14H,15-16H2,(H,27,29)/b22-14+. The summed E-state index contributed by atoms with van der Waals surface area (Å²) in [6.45, 7) is -0.00528. The molecule has 1 N–H and O–H groups in total. The summed E-state index contributed by atoms with van der Waals surface area (Å²) in [6.07, 6.45) is 1.62. The van der Waals surface area contributed by atoms with Crippen LogP contribution in [0.15, 0.2) is 83.8 Å². The smallest absolute Gasteiger partial charge is 0.294 e. The minimum atomic E-state index is -0.493. The van der Waals surface area contributed by atoms with Gasteiger partial charge in [-0.1, -0.05) is 60.1 Å². The van der Waals surface area contributed by atoms with Gasteiger partial charge in [-0.25, -0.2) is 0 Å². The molecule has 0 bridgehead atoms. The monoisotopic (exact) mass is 478 g/mol. The van der Waals surface area contributed by atoms with E-state index in [1.807, 2.05) is 30.3 Å². The average Bonchev–Trinajstić information content (AvgIpc) is 3.07. The third kappa shape index (κ3) is 5.83. The summed E-state index contributed by atoms with van der Waals surface area (Å²) in [4.78, 5) is 38.4. The molecule has 166 valence electrons. The Kier molecular flexibility index (Phi) is 7.12. The van der Waals surface area contributed by atoms with Gasteiger partial charge in [-0.2, -0.15) is 0 Å². The second-order valence-electron chi connectivity index (χ2n) is 7.13. The molecule has 8 heteroatoms. The van der Waals surface area contributed by atoms with E-state index in [4.69, 9.17) is 16.3 Å². The van der Waals surface area contributed by atoms with Crippen LogP contribution >= 0.6 is 23.4 Å². The predicted octanol–water partition coefficient (Wildman–Crippen LogP) is 5.59. The quantitative estimate of drug-likeness (QED) is 0.448. The second-order valence-corrected chi connectivity index (χ2v) is 8.53. The van der Waals surface area contributed by atoms with Gasteiger partial charge in [-0.3, -0.25) is 19.3 Å². The minimum absolute atomic E-state index is 0.261. The SMILES string of the molecule is O=C(CN1C(=O)S/C(=C/c2ccc(OCc3ccccc3Cl)cc2)C1=O)Nc1ccccc1. The fourth-order valence-corrected chi connectivity index (χ4v) is 4.12. The number of halogens is 1. The van der Waals surface area contributed by atoms with Gasteiger partial charge >= 0.3 is 0 Å². The van der Waals surface area contributed by atoms with E-state index >= 15 is 0 Å². The van der Waals surface area contributed by atoms with Crippen LogP contribution in [0.3, 0.4) is 0 Å². The number of rotatable bonds is 7. The number of thioether (sulfide) groups is 1. The molecule has 0 spiro atoms. The molecule has 0 unspecified atom stereocenters. The van der Waals surface area contributed by atoms with E-state index in [0.29, 0.717) is 23.1 Å². The molecule has 3 aromatic carbocycles. The zero-order valence-corrected chi connectivity index (χ0v) is 18.9. The molecule has 1 heterocycles. The fraction of sp³-hybridized carbons (Fsp3) is 0.0800. The zero-order valence-electron chi connectivity index (χ0n) is 17.4. The van der Waals surface area contributed by atoms with Crippen molar-refractivity contribution < 1.29 is 19.1 Å². The van der Waals surface area contributed by atoms with E-state index in [0.717, 1.165) is 27.8 Å². The van der Waals surface area contributed by atoms with Crippen LogP contribution in [0.1, 0.15) is 11.1 Å². The van der Waals surface area contributed by atoms with Gasteiger partial charge in [0, 0.05) is 16.3 Å². The molecule has 1 fully saturated rings. The highest BCUT2D eigenvalue weighted by Gasteiger charge is 2.36. The number of para-hydroxylation sites is 1. The summed E-state index contributed by atoms with van der Waals surface area (Å²) in [5.74, 6) is -0.283. The maximum Gasteiger partial charge on any atom is 0.294 e. The number of nitrogens with zero attached hydrogens (tertiary/aromatic N) is 1. The lowest BCUT2D eigenvalue weighted by Crippen LogP contribution is -2.36. The Morgan fingerprint density at radius 3 is 2.39 bits per heavy atom. The van der Waals surface area contributed by atoms with E-state index in [2.05, 4.69) is 5.32 Å². The van der Waals surface area contributed by atoms with Crippen LogP contribution in [-0.4, -0.2) is 28.5 Å². The van der Waals surface area contributed by atoms with Crippen LogP contribution < -0.4 is 10.1 Å². The summed E-state index contributed by atoms with van der Waals surface area (Å²) < 4.78 is 5.76. The molecule has 1 aliphatic heterocycles. The Labute approximate surface area is 200 Å². The molecule has 3 amide bonds. The van der Waals surface area contributed by atoms with Crippen LogP contribution in [0, 0.1) is 0 Å². The second kappa shape index (κ2) is 10.4. The number of imide groups is 1. The first-order valence-corrected chi connectivity index (χ1v) is 11.3. The van der Waals surface area contributed by atoms with Crippen LogP contribution in [0.5, 0.6) is 5.75 Å². The van der Waals surface area contributed by atoms with Crippen molar-refractivity contribution in [3.8, 4) is 5.75 Å². The molecule has 0 atom stereocenters. The van der Waals surface area contributed by atoms with Gasteiger partial charge < -0.3 is 10.1 Å². The van der Waals surface area contributed by atoms with Gasteiger partial charge in [-0.05, 0) is 53.7 Å². The van der Waals surface area contributed by atoms with E-state index in [9.17, 15) is 14.4 Å². The van der Waals surface area contributed by atoms with Crippen LogP contribution in [0.2, 0.25) is 5.02 Å². The lowest BCUT2D eigenvalue weighted by Gasteiger charge is -2.12. The molecule has 0 aliphatic carbocycles. The number of carbonyl (C=O) groups is 3. The van der Waals surface area contributed by atoms with Gasteiger partial charge in [0.1, 0.15) is 18.9 Å². The number of hydrogen-bond acceptors (Lipinski definition) is 5. The molecule has 0 saturated carbocycles. The molecule has 6 nitrogen and oxygen atoms in total. The highest BCUT2D eigenvalue weighted by atomic mass is 35.5. The number of hydrogen-bond donors (Lipinski definition) is 1. The molecule has 33 heavy (non-hydrogen) atoms. The van der Waals surface area contributed by atoms with Gasteiger partial charge in [0.25, 0.3) is 11.1 Å². The lowest BCUT2D eigenvalue weighted by molar-refractivity contribution is -0.127. The maximum absolute atomic E-state index is 12.7. The average molecular weight is 479 g/mol. The van der Waals surface area contributed by atoms with Crippen molar-refractivity contribution in [3.63, 3.8) is 0 Å². The third-order valence-electron chi connectivity index (χ3n) is 4.76. The van der Waals surface area contributed by atoms with E-state index in [-0.39, 0.29) is 11.4 Å². The first-order chi connectivity index (χ1) is 16.0. The van der Waals surface area contributed by atoms with Crippen molar-refractivity contribution in [1.29, 1.82) is 0 Å². The summed E-state index contributed by atoms with van der Waals surface area (Å²) in [5.41, 5.74) is 2.22. The van der Waals surface area contributed by atoms with Crippen molar-refractivity contribution in [2.45, 2.75) is 6.61 Å². The van der Waals surface area contributed by atoms with Crippen molar-refractivity contribution in [2.24, 2.45) is 0 Å². The first-order valence-electron chi connectivity index (χ1n) is 10.1. The summed E-state index contributed by atoms with van der Waals surface area (Å²) in [6, 6.07) is 23.4. The van der Waals surface area contributed by atoms with Gasteiger partial charge in [0.05, 0.1) is 4.91 Å². The van der Waals surface area contributed by atoms with E-state index in [1.54, 1.807) is 54.6 Å². The Bertz CT molecular complexity index is 1210. The molecule has 4 rings (SSSR count). The summed E-state index contributed by atoms with van der Waals surface area (Å²) in [5, 5.41) is 2.84. The summed E-state index contributed by atoms with van der Waals surface area (Å²) >= 11 is 6.95. The van der Waals surface area contributed by atoms with Crippen LogP contribution in [-0.2, 0) is 16.2 Å². The van der Waals surface area contributed by atoms with E-state index in [1.165, 1.54) is 0 Å². The number of carbonyl (C=O) groups excluding carboxylic acids is 3. The predicted molar refractivity (Wildman–Crippen MR) is 130 cm³/mol. The van der Waals surface area contributed by atoms with Gasteiger partial charge in [0.15, 0.2) is 0 Å². The highest BCUT2D eigenvalue weighted by Crippen LogP contribution is 2.32. The molecular formula is C25H19ClN2O4S. The molecule has 0 radical (unpaired) electrons. The zero-order chi connectivity index (χ0) is 23.2. The third-order valence-corrected chi connectivity index (χ3v) is 6.04. The molecule has 1 aliphatic rings. The van der Waals surface area contributed by atoms with Crippen molar-refractivity contribution in [1.82, 2.24) is 4.90 Å². The normalized spacial score (nSPS) is 14.6. The molecular weight excluding hydrogens is 460 g/mol. The van der Waals surface area contributed by atoms with Gasteiger partial charge in [-0.15, -0.1) is 0 Å². The van der Waals surface area contributed by atoms with Crippen molar-refractivity contribution in [2.75, 3.05) is 11.9 Å². The molecule has 3 aromatic rings. The Hall–Kier alpha value is -3.55. The molecule has 0 aromatic heterocycles. The highest BCUT2D eigenvalue weighted by molar-refractivity contribution is 8.18. The minimum Gasteiger partial charge on any atom is -0.489 e. The van der Waals surface area contributed by atoms with Crippen LogP contribution in [0.4, 0.5) is 10.5 Å². The van der Waals surface area contributed by atoms with Gasteiger partial charge in [0.2, 0.25) is 5.91 Å². The van der Waals surface area contributed by atoms with Crippen molar-refractivity contribution >= 4 is 52.2 Å². The largest absolute Gasteiger partial charge is 0.489 e. The summed E-state index contributed by atoms with van der Waals surface area (Å²) in [7, 11) is 0. The van der Waals surface area contributed by atoms with Crippen LogP contribution in [0.25, 0.3) is 6.08 Å². The number of benzene rings is 3. The van der Waals surface area contributed by atoms with E-state index < -0.39 is 17.1 Å². The molecule has 1 saturated heterocycles. The fourth-order valence-electron chi connectivity index (χ4n) is 3.09. The number of ether oxygens (including phenoxy) is 1. The maximum atomic E-state index is 12.7. The topological polar surface area (TPSA) is 75.7 Å². The Morgan fingerprint density at radius 2 is 1.67 bits per heavy atom. The number of anilines is 1. The number of nitrogens with one attached hydrogen (secondary N) is 1. The first kappa shape index (κ1) is 22.6. The Balaban J connectivity index is 1.36. The van der Waals surface area contributed by atoms with Crippen molar-refractivity contribution in [3.05, 3.63) is 99.9 Å².